The fourth-order valence-electron chi connectivity index (χ4n) is 1.80. The van der Waals surface area contributed by atoms with Gasteiger partial charge >= 0.3 is 17.2 Å². The number of aromatic nitrogens is 2. The largest absolute Gasteiger partial charge is 0.488 e. The summed E-state index contributed by atoms with van der Waals surface area (Å²) in [6, 6.07) is 4.81. The summed E-state index contributed by atoms with van der Waals surface area (Å²) in [7, 11) is 0. The molecule has 11 heteroatoms. The van der Waals surface area contributed by atoms with E-state index < -0.39 is 34.6 Å². The molecule has 1 heterocycles. The molecule has 2 rings (SSSR count). The van der Waals surface area contributed by atoms with Gasteiger partial charge in [0.15, 0.2) is 6.61 Å². The lowest BCUT2D eigenvalue weighted by atomic mass is 10.2. The average molecular weight is 412 g/mol. The first-order valence-corrected chi connectivity index (χ1v) is 7.37. The van der Waals surface area contributed by atoms with Crippen molar-refractivity contribution in [3.8, 4) is 11.6 Å². The molecule has 1 aromatic carbocycles. The Morgan fingerprint density at radius 2 is 2.16 bits per heavy atom. The van der Waals surface area contributed by atoms with Crippen LogP contribution in [-0.4, -0.2) is 37.7 Å². The highest BCUT2D eigenvalue weighted by Gasteiger charge is 2.21. The lowest BCUT2D eigenvalue weighted by molar-refractivity contribution is -0.387. The number of benzene rings is 1. The second-order valence-electron chi connectivity index (χ2n) is 4.58. The van der Waals surface area contributed by atoms with E-state index in [0.717, 1.165) is 0 Å². The van der Waals surface area contributed by atoms with Crippen molar-refractivity contribution in [3.63, 3.8) is 0 Å². The SMILES string of the molecule is O=C(O)COc1ccc(Br)cc1C=Cc1nc(O)c([N+](=O)[O-])c(=O)[nH]1. The van der Waals surface area contributed by atoms with E-state index in [1.54, 1.807) is 12.1 Å². The summed E-state index contributed by atoms with van der Waals surface area (Å²) in [5, 5.41) is 28.8. The van der Waals surface area contributed by atoms with Gasteiger partial charge in [0, 0.05) is 10.0 Å². The number of rotatable bonds is 6. The van der Waals surface area contributed by atoms with Crippen LogP contribution in [0.25, 0.3) is 12.2 Å². The van der Waals surface area contributed by atoms with E-state index in [9.17, 15) is 24.8 Å². The Morgan fingerprint density at radius 3 is 2.76 bits per heavy atom. The lowest BCUT2D eigenvalue weighted by Crippen LogP contribution is -2.14. The summed E-state index contributed by atoms with van der Waals surface area (Å²) < 4.78 is 5.82. The summed E-state index contributed by atoms with van der Waals surface area (Å²) in [5.41, 5.74) is -1.70. The van der Waals surface area contributed by atoms with Crippen molar-refractivity contribution in [3.05, 3.63) is 54.5 Å². The highest BCUT2D eigenvalue weighted by Crippen LogP contribution is 2.25. The molecule has 2 aromatic rings. The maximum absolute atomic E-state index is 11.6. The second-order valence-corrected chi connectivity index (χ2v) is 5.49. The van der Waals surface area contributed by atoms with E-state index in [0.29, 0.717) is 10.0 Å². The highest BCUT2D eigenvalue weighted by molar-refractivity contribution is 9.10. The molecule has 0 aliphatic rings. The van der Waals surface area contributed by atoms with Gasteiger partial charge in [0.05, 0.1) is 4.92 Å². The normalized spacial score (nSPS) is 10.8. The second kappa shape index (κ2) is 7.57. The fraction of sp³-hybridized carbons (Fsp3) is 0.0714. The first kappa shape index (κ1) is 18.1. The number of hydrogen-bond acceptors (Lipinski definition) is 7. The number of H-pyrrole nitrogens is 1. The third-order valence-electron chi connectivity index (χ3n) is 2.82. The fourth-order valence-corrected chi connectivity index (χ4v) is 2.18. The number of ether oxygens (including phenoxy) is 1. The Bertz CT molecular complexity index is 923. The number of nitrogens with one attached hydrogen (secondary N) is 1. The number of hydrogen-bond donors (Lipinski definition) is 3. The van der Waals surface area contributed by atoms with Crippen molar-refractivity contribution in [1.29, 1.82) is 0 Å². The van der Waals surface area contributed by atoms with Crippen molar-refractivity contribution >= 4 is 39.7 Å². The number of aliphatic carboxylic acids is 1. The zero-order valence-electron chi connectivity index (χ0n) is 12.3. The van der Waals surface area contributed by atoms with Gasteiger partial charge in [-0.3, -0.25) is 14.9 Å². The molecule has 10 nitrogen and oxygen atoms in total. The molecule has 0 fully saturated rings. The minimum absolute atomic E-state index is 0.128. The van der Waals surface area contributed by atoms with Gasteiger partial charge in [-0.05, 0) is 30.4 Å². The highest BCUT2D eigenvalue weighted by atomic mass is 79.9. The number of carboxylic acid groups (broad SMARTS) is 1. The van der Waals surface area contributed by atoms with E-state index in [2.05, 4.69) is 25.9 Å². The van der Waals surface area contributed by atoms with Gasteiger partial charge in [0.1, 0.15) is 11.6 Å². The van der Waals surface area contributed by atoms with Crippen LogP contribution in [0.4, 0.5) is 5.69 Å². The molecule has 0 atom stereocenters. The van der Waals surface area contributed by atoms with E-state index in [1.807, 2.05) is 0 Å². The molecule has 0 amide bonds. The Kier molecular flexibility index (Phi) is 5.49. The molecule has 0 aliphatic carbocycles. The maximum Gasteiger partial charge on any atom is 0.395 e. The first-order chi connectivity index (χ1) is 11.8. The molecular formula is C14H10BrN3O7. The molecule has 0 spiro atoms. The van der Waals surface area contributed by atoms with E-state index in [1.165, 1.54) is 18.2 Å². The van der Waals surface area contributed by atoms with Crippen molar-refractivity contribution in [1.82, 2.24) is 9.97 Å². The van der Waals surface area contributed by atoms with Gasteiger partial charge in [0.25, 0.3) is 5.88 Å². The third-order valence-corrected chi connectivity index (χ3v) is 3.31. The average Bonchev–Trinajstić information content (AvgIpc) is 2.50. The smallest absolute Gasteiger partial charge is 0.395 e. The first-order valence-electron chi connectivity index (χ1n) is 6.58. The minimum Gasteiger partial charge on any atom is -0.488 e. The van der Waals surface area contributed by atoms with Crippen molar-refractivity contribution in [2.75, 3.05) is 6.61 Å². The van der Waals surface area contributed by atoms with Gasteiger partial charge in [-0.1, -0.05) is 15.9 Å². The molecule has 0 unspecified atom stereocenters. The predicted octanol–water partition coefficient (Wildman–Crippen LogP) is 1.78. The predicted molar refractivity (Wildman–Crippen MR) is 89.4 cm³/mol. The number of aromatic hydroxyl groups is 1. The monoisotopic (exact) mass is 411 g/mol. The van der Waals surface area contributed by atoms with Crippen LogP contribution >= 0.6 is 15.9 Å². The van der Waals surface area contributed by atoms with Crippen LogP contribution in [0.1, 0.15) is 11.4 Å². The summed E-state index contributed by atoms with van der Waals surface area (Å²) in [5.74, 6) is -2.03. The standard InChI is InChI=1S/C14H10BrN3O7/c15-8-2-3-9(25-6-11(19)20)7(5-8)1-4-10-16-13(21)12(18(23)24)14(22)17-10/h1-5H,6H2,(H,19,20)(H2,16,17,21,22). The molecular weight excluding hydrogens is 402 g/mol. The van der Waals surface area contributed by atoms with Crippen LogP contribution in [0.3, 0.4) is 0 Å². The Balaban J connectivity index is 2.36. The van der Waals surface area contributed by atoms with Crippen LogP contribution in [0, 0.1) is 10.1 Å². The van der Waals surface area contributed by atoms with Crippen LogP contribution in [0.2, 0.25) is 0 Å². The zero-order chi connectivity index (χ0) is 18.6. The third kappa shape index (κ3) is 4.64. The lowest BCUT2D eigenvalue weighted by Gasteiger charge is -2.07. The van der Waals surface area contributed by atoms with E-state index >= 15 is 0 Å². The minimum atomic E-state index is -1.15. The van der Waals surface area contributed by atoms with Crippen molar-refractivity contribution in [2.24, 2.45) is 0 Å². The van der Waals surface area contributed by atoms with Crippen molar-refractivity contribution in [2.45, 2.75) is 0 Å². The molecule has 3 N–H and O–H groups in total. The number of nitro groups is 1. The molecule has 0 radical (unpaired) electrons. The Morgan fingerprint density at radius 1 is 1.44 bits per heavy atom. The Labute approximate surface area is 147 Å². The van der Waals surface area contributed by atoms with Crippen LogP contribution < -0.4 is 10.3 Å². The molecule has 0 saturated carbocycles. The summed E-state index contributed by atoms with van der Waals surface area (Å²) in [6.45, 7) is -0.546. The molecule has 0 aliphatic heterocycles. The van der Waals surface area contributed by atoms with Crippen molar-refractivity contribution < 1.29 is 24.7 Å². The summed E-state index contributed by atoms with van der Waals surface area (Å²) >= 11 is 3.26. The molecule has 0 saturated heterocycles. The van der Waals surface area contributed by atoms with E-state index in [4.69, 9.17) is 9.84 Å². The Hall–Kier alpha value is -3.21. The summed E-state index contributed by atoms with van der Waals surface area (Å²) in [4.78, 5) is 37.5. The van der Waals surface area contributed by atoms with Gasteiger partial charge in [-0.2, -0.15) is 4.98 Å². The summed E-state index contributed by atoms with van der Waals surface area (Å²) in [6.07, 6.45) is 2.71. The zero-order valence-corrected chi connectivity index (χ0v) is 13.9. The number of aromatic amines is 1. The molecule has 25 heavy (non-hydrogen) atoms. The quantitative estimate of drug-likeness (QED) is 0.479. The van der Waals surface area contributed by atoms with Gasteiger partial charge in [-0.15, -0.1) is 0 Å². The van der Waals surface area contributed by atoms with Crippen LogP contribution in [-0.2, 0) is 4.79 Å². The topological polar surface area (TPSA) is 156 Å². The van der Waals surface area contributed by atoms with Gasteiger partial charge in [0.2, 0.25) is 0 Å². The van der Waals surface area contributed by atoms with Gasteiger partial charge in [-0.25, -0.2) is 4.79 Å². The molecule has 0 bridgehead atoms. The van der Waals surface area contributed by atoms with E-state index in [-0.39, 0.29) is 11.6 Å². The number of nitrogens with zero attached hydrogens (tertiary/aromatic N) is 2. The van der Waals surface area contributed by atoms with Crippen LogP contribution in [0.15, 0.2) is 27.5 Å². The molecule has 1 aromatic heterocycles. The number of carbonyl (C=O) groups is 1. The van der Waals surface area contributed by atoms with Crippen LogP contribution in [0.5, 0.6) is 11.6 Å². The molecule has 130 valence electrons. The number of carboxylic acids is 1. The number of halogens is 1. The maximum atomic E-state index is 11.6. The van der Waals surface area contributed by atoms with Gasteiger partial charge < -0.3 is 19.9 Å².